The van der Waals surface area contributed by atoms with Crippen molar-refractivity contribution in [1.82, 2.24) is 9.29 Å². The third kappa shape index (κ3) is 3.33. The van der Waals surface area contributed by atoms with Crippen LogP contribution < -0.4 is 4.74 Å². The quantitative estimate of drug-likeness (QED) is 0.884. The maximum absolute atomic E-state index is 12.6. The predicted octanol–water partition coefficient (Wildman–Crippen LogP) is 0.821. The molecular weight excluding hydrogens is 296 g/mol. The van der Waals surface area contributed by atoms with Gasteiger partial charge in [-0.2, -0.15) is 4.31 Å². The third-order valence-corrected chi connectivity index (χ3v) is 5.33. The van der Waals surface area contributed by atoms with Crippen LogP contribution in [0.3, 0.4) is 0 Å². The molecular formula is C13H18N2O5S. The second-order valence-corrected chi connectivity index (χ2v) is 7.20. The van der Waals surface area contributed by atoms with Gasteiger partial charge in [-0.3, -0.25) is 9.78 Å². The highest BCUT2D eigenvalue weighted by atomic mass is 32.2. The van der Waals surface area contributed by atoms with Crippen molar-refractivity contribution in [3.63, 3.8) is 0 Å². The molecule has 2 unspecified atom stereocenters. The van der Waals surface area contributed by atoms with Gasteiger partial charge in [0.05, 0.1) is 19.2 Å². The Balaban J connectivity index is 2.31. The molecule has 2 rings (SSSR count). The normalized spacial score (nSPS) is 23.7. The van der Waals surface area contributed by atoms with Crippen molar-refractivity contribution >= 4 is 16.0 Å². The van der Waals surface area contributed by atoms with E-state index >= 15 is 0 Å². The highest BCUT2D eigenvalue weighted by Gasteiger charge is 2.36. The number of piperidine rings is 1. The van der Waals surface area contributed by atoms with Gasteiger partial charge in [-0.25, -0.2) is 8.42 Å². The number of nitrogens with zero attached hydrogens (tertiary/aromatic N) is 2. The van der Waals surface area contributed by atoms with Crippen LogP contribution in [0.15, 0.2) is 23.4 Å². The Bertz CT molecular complexity index is 631. The molecule has 1 saturated heterocycles. The lowest BCUT2D eigenvalue weighted by Gasteiger charge is -2.33. The molecule has 21 heavy (non-hydrogen) atoms. The van der Waals surface area contributed by atoms with Crippen molar-refractivity contribution in [3.8, 4) is 5.75 Å². The molecule has 1 N–H and O–H groups in total. The smallest absolute Gasteiger partial charge is 0.307 e. The molecule has 0 radical (unpaired) electrons. The number of pyridine rings is 1. The first-order chi connectivity index (χ1) is 9.84. The lowest BCUT2D eigenvalue weighted by molar-refractivity contribution is -0.143. The minimum atomic E-state index is -3.77. The monoisotopic (exact) mass is 314 g/mol. The predicted molar refractivity (Wildman–Crippen MR) is 74.5 cm³/mol. The van der Waals surface area contributed by atoms with Crippen LogP contribution in [0.2, 0.25) is 0 Å². The fourth-order valence-electron chi connectivity index (χ4n) is 2.48. The van der Waals surface area contributed by atoms with E-state index in [0.29, 0.717) is 18.7 Å². The van der Waals surface area contributed by atoms with E-state index in [-0.39, 0.29) is 17.4 Å². The van der Waals surface area contributed by atoms with E-state index in [2.05, 4.69) is 4.98 Å². The summed E-state index contributed by atoms with van der Waals surface area (Å²) < 4.78 is 31.4. The molecule has 1 aliphatic heterocycles. The van der Waals surface area contributed by atoms with Gasteiger partial charge in [0.2, 0.25) is 10.0 Å². The van der Waals surface area contributed by atoms with Crippen LogP contribution in [0.25, 0.3) is 0 Å². The molecule has 2 heterocycles. The number of carbonyl (C=O) groups is 1. The van der Waals surface area contributed by atoms with Crippen LogP contribution in [-0.4, -0.2) is 49.0 Å². The summed E-state index contributed by atoms with van der Waals surface area (Å²) in [6, 6.07) is 1.39. The number of hydrogen-bond acceptors (Lipinski definition) is 5. The lowest BCUT2D eigenvalue weighted by Crippen LogP contribution is -2.45. The van der Waals surface area contributed by atoms with Crippen LogP contribution in [0.5, 0.6) is 5.75 Å². The average Bonchev–Trinajstić information content (AvgIpc) is 2.46. The minimum Gasteiger partial charge on any atom is -0.495 e. The van der Waals surface area contributed by atoms with Crippen LogP contribution in [0.4, 0.5) is 0 Å². The first kappa shape index (κ1) is 15.7. The molecule has 1 aromatic rings. The summed E-state index contributed by atoms with van der Waals surface area (Å²) in [5, 5.41) is 9.14. The van der Waals surface area contributed by atoms with Gasteiger partial charge in [0, 0.05) is 25.4 Å². The van der Waals surface area contributed by atoms with Crippen LogP contribution in [-0.2, 0) is 14.8 Å². The Morgan fingerprint density at radius 3 is 2.76 bits per heavy atom. The zero-order chi connectivity index (χ0) is 15.6. The van der Waals surface area contributed by atoms with Gasteiger partial charge in [-0.15, -0.1) is 0 Å². The maximum Gasteiger partial charge on any atom is 0.307 e. The first-order valence-electron chi connectivity index (χ1n) is 6.56. The first-order valence-corrected chi connectivity index (χ1v) is 8.00. The second kappa shape index (κ2) is 5.98. The maximum atomic E-state index is 12.6. The summed E-state index contributed by atoms with van der Waals surface area (Å²) in [6.45, 7) is 2.14. The molecule has 0 saturated carbocycles. The van der Waals surface area contributed by atoms with Crippen molar-refractivity contribution < 1.29 is 23.1 Å². The molecule has 0 bridgehead atoms. The molecule has 0 spiro atoms. The largest absolute Gasteiger partial charge is 0.495 e. The van der Waals surface area contributed by atoms with E-state index < -0.39 is 21.9 Å². The second-order valence-electron chi connectivity index (χ2n) is 5.26. The van der Waals surface area contributed by atoms with Crippen molar-refractivity contribution in [2.75, 3.05) is 20.2 Å². The summed E-state index contributed by atoms with van der Waals surface area (Å²) in [6.07, 6.45) is 3.14. The number of carboxylic acid groups (broad SMARTS) is 1. The van der Waals surface area contributed by atoms with Gasteiger partial charge in [-0.1, -0.05) is 6.92 Å². The summed E-state index contributed by atoms with van der Waals surface area (Å²) >= 11 is 0. The number of rotatable bonds is 4. The summed E-state index contributed by atoms with van der Waals surface area (Å²) in [4.78, 5) is 15.0. The van der Waals surface area contributed by atoms with E-state index in [1.165, 1.54) is 29.9 Å². The Morgan fingerprint density at radius 2 is 2.14 bits per heavy atom. The number of carboxylic acids is 1. The number of sulfonamides is 1. The summed E-state index contributed by atoms with van der Waals surface area (Å²) in [5.41, 5.74) is 0. The van der Waals surface area contributed by atoms with Crippen molar-refractivity contribution in [2.24, 2.45) is 11.8 Å². The third-order valence-electron chi connectivity index (χ3n) is 3.54. The molecule has 8 heteroatoms. The topological polar surface area (TPSA) is 96.8 Å². The van der Waals surface area contributed by atoms with Crippen molar-refractivity contribution in [2.45, 2.75) is 18.2 Å². The molecule has 7 nitrogen and oxygen atoms in total. The molecule has 0 aliphatic carbocycles. The molecule has 1 fully saturated rings. The van der Waals surface area contributed by atoms with Crippen LogP contribution in [0, 0.1) is 11.8 Å². The van der Waals surface area contributed by atoms with Gasteiger partial charge in [-0.05, 0) is 12.3 Å². The summed E-state index contributed by atoms with van der Waals surface area (Å²) in [7, 11) is -2.34. The number of methoxy groups -OCH3 is 1. The molecule has 1 aromatic heterocycles. The highest BCUT2D eigenvalue weighted by Crippen LogP contribution is 2.27. The summed E-state index contributed by atoms with van der Waals surface area (Å²) in [5.74, 6) is -1.31. The van der Waals surface area contributed by atoms with Gasteiger partial charge in [0.25, 0.3) is 0 Å². The van der Waals surface area contributed by atoms with Crippen LogP contribution in [0.1, 0.15) is 13.3 Å². The Morgan fingerprint density at radius 1 is 1.43 bits per heavy atom. The molecule has 0 amide bonds. The number of aliphatic carboxylic acids is 1. The van der Waals surface area contributed by atoms with E-state index in [0.717, 1.165) is 0 Å². The van der Waals surface area contributed by atoms with Crippen molar-refractivity contribution in [1.29, 1.82) is 0 Å². The van der Waals surface area contributed by atoms with E-state index in [1.54, 1.807) is 0 Å². The van der Waals surface area contributed by atoms with Crippen molar-refractivity contribution in [3.05, 3.63) is 18.5 Å². The molecule has 0 aromatic carbocycles. The van der Waals surface area contributed by atoms with Gasteiger partial charge in [0.15, 0.2) is 0 Å². The zero-order valence-corrected chi connectivity index (χ0v) is 12.7. The Labute approximate surface area is 123 Å². The zero-order valence-electron chi connectivity index (χ0n) is 11.9. The lowest BCUT2D eigenvalue weighted by atomic mass is 9.92. The van der Waals surface area contributed by atoms with E-state index in [1.807, 2.05) is 6.92 Å². The van der Waals surface area contributed by atoms with E-state index in [9.17, 15) is 13.2 Å². The van der Waals surface area contributed by atoms with E-state index in [4.69, 9.17) is 9.84 Å². The molecule has 2 atom stereocenters. The highest BCUT2D eigenvalue weighted by molar-refractivity contribution is 7.89. The standard InChI is InChI=1S/C13H18N2O5S/c1-9-3-10(13(16)17)8-15(7-9)21(18,19)12-4-11(20-2)5-14-6-12/h4-6,9-10H,3,7-8H2,1-2H3,(H,16,17). The molecule has 1 aliphatic rings. The van der Waals surface area contributed by atoms with Gasteiger partial charge >= 0.3 is 5.97 Å². The van der Waals surface area contributed by atoms with Gasteiger partial charge < -0.3 is 9.84 Å². The SMILES string of the molecule is COc1cncc(S(=O)(=O)N2CC(C)CC(C(=O)O)C2)c1. The number of ether oxygens (including phenoxy) is 1. The molecule has 116 valence electrons. The number of hydrogen-bond donors (Lipinski definition) is 1. The van der Waals surface area contributed by atoms with Gasteiger partial charge in [0.1, 0.15) is 10.6 Å². The Hall–Kier alpha value is -1.67. The minimum absolute atomic E-state index is 0.00630. The fraction of sp³-hybridized carbons (Fsp3) is 0.538. The van der Waals surface area contributed by atoms with Crippen LogP contribution >= 0.6 is 0 Å². The average molecular weight is 314 g/mol. The fourth-order valence-corrected chi connectivity index (χ4v) is 4.06. The Kier molecular flexibility index (Phi) is 4.48. The number of aromatic nitrogens is 1.